The maximum Gasteiger partial charge on any atom is 0.260 e. The van der Waals surface area contributed by atoms with Crippen LogP contribution in [0.3, 0.4) is 0 Å². The molecule has 0 radical (unpaired) electrons. The van der Waals surface area contributed by atoms with Gasteiger partial charge in [0.1, 0.15) is 11.6 Å². The monoisotopic (exact) mass is 351 g/mol. The maximum atomic E-state index is 13.1. The van der Waals surface area contributed by atoms with E-state index in [0.717, 1.165) is 10.0 Å². The molecule has 0 aliphatic rings. The second-order valence-corrected chi connectivity index (χ2v) is 5.54. The smallest absolute Gasteiger partial charge is 0.260 e. The lowest BCUT2D eigenvalue weighted by Gasteiger charge is -2.17. The van der Waals surface area contributed by atoms with Gasteiger partial charge in [0, 0.05) is 18.1 Å². The van der Waals surface area contributed by atoms with Gasteiger partial charge in [0.25, 0.3) is 5.91 Å². The van der Waals surface area contributed by atoms with Crippen LogP contribution in [-0.4, -0.2) is 24.5 Å². The minimum Gasteiger partial charge on any atom is -0.484 e. The summed E-state index contributed by atoms with van der Waals surface area (Å²) >= 11 is 3.34. The number of likely N-dealkylation sites (N-methyl/N-ethyl adjacent to an activating group) is 1. The molecule has 0 unspecified atom stereocenters. The molecule has 0 spiro atoms. The van der Waals surface area contributed by atoms with E-state index < -0.39 is 0 Å². The van der Waals surface area contributed by atoms with E-state index in [-0.39, 0.29) is 18.3 Å². The highest BCUT2D eigenvalue weighted by Gasteiger charge is 2.10. The van der Waals surface area contributed by atoms with Gasteiger partial charge in [0.2, 0.25) is 0 Å². The van der Waals surface area contributed by atoms with E-state index in [0.29, 0.717) is 12.3 Å². The molecule has 5 heteroatoms. The van der Waals surface area contributed by atoms with Crippen LogP contribution in [0.25, 0.3) is 0 Å². The first-order chi connectivity index (χ1) is 10.0. The van der Waals surface area contributed by atoms with E-state index in [2.05, 4.69) is 15.9 Å². The van der Waals surface area contributed by atoms with E-state index in [1.54, 1.807) is 31.3 Å². The molecule has 2 aromatic carbocycles. The van der Waals surface area contributed by atoms with Crippen molar-refractivity contribution in [2.75, 3.05) is 13.7 Å². The largest absolute Gasteiger partial charge is 0.484 e. The van der Waals surface area contributed by atoms with Crippen LogP contribution in [-0.2, 0) is 11.3 Å². The van der Waals surface area contributed by atoms with Gasteiger partial charge in [0.05, 0.1) is 0 Å². The molecule has 21 heavy (non-hydrogen) atoms. The molecule has 0 aromatic heterocycles. The van der Waals surface area contributed by atoms with Gasteiger partial charge in [-0.15, -0.1) is 0 Å². The lowest BCUT2D eigenvalue weighted by atomic mass is 10.2. The summed E-state index contributed by atoms with van der Waals surface area (Å²) in [5, 5.41) is 0. The third kappa shape index (κ3) is 4.86. The highest BCUT2D eigenvalue weighted by molar-refractivity contribution is 9.10. The summed E-state index contributed by atoms with van der Waals surface area (Å²) in [5.41, 5.74) is 0.744. The first kappa shape index (κ1) is 15.5. The number of hydrogen-bond donors (Lipinski definition) is 0. The fraction of sp³-hybridized carbons (Fsp3) is 0.188. The fourth-order valence-corrected chi connectivity index (χ4v) is 2.19. The van der Waals surface area contributed by atoms with Crippen molar-refractivity contribution in [1.82, 2.24) is 4.90 Å². The van der Waals surface area contributed by atoms with Crippen molar-refractivity contribution in [1.29, 1.82) is 0 Å². The van der Waals surface area contributed by atoms with Crippen LogP contribution in [0, 0.1) is 5.82 Å². The van der Waals surface area contributed by atoms with Crippen molar-refractivity contribution in [2.24, 2.45) is 0 Å². The molecule has 3 nitrogen and oxygen atoms in total. The maximum absolute atomic E-state index is 13.1. The van der Waals surface area contributed by atoms with E-state index >= 15 is 0 Å². The average Bonchev–Trinajstić information content (AvgIpc) is 2.45. The van der Waals surface area contributed by atoms with Gasteiger partial charge in [0.15, 0.2) is 6.61 Å². The van der Waals surface area contributed by atoms with Crippen molar-refractivity contribution in [3.8, 4) is 5.75 Å². The first-order valence-corrected chi connectivity index (χ1v) is 7.20. The van der Waals surface area contributed by atoms with Gasteiger partial charge in [-0.3, -0.25) is 4.79 Å². The summed E-state index contributed by atoms with van der Waals surface area (Å²) in [6.07, 6.45) is 0. The Labute approximate surface area is 131 Å². The Bertz CT molecular complexity index is 633. The fourth-order valence-electron chi connectivity index (χ4n) is 1.81. The molecule has 0 heterocycles. The van der Waals surface area contributed by atoms with Crippen molar-refractivity contribution in [2.45, 2.75) is 6.54 Å². The van der Waals surface area contributed by atoms with Gasteiger partial charge < -0.3 is 9.64 Å². The lowest BCUT2D eigenvalue weighted by Crippen LogP contribution is -2.30. The molecule has 0 saturated heterocycles. The number of ether oxygens (including phenoxy) is 1. The summed E-state index contributed by atoms with van der Waals surface area (Å²) < 4.78 is 19.4. The molecular weight excluding hydrogens is 337 g/mol. The highest BCUT2D eigenvalue weighted by Crippen LogP contribution is 2.17. The number of carbonyl (C=O) groups excluding carboxylic acids is 1. The van der Waals surface area contributed by atoms with Crippen LogP contribution >= 0.6 is 15.9 Å². The zero-order valence-corrected chi connectivity index (χ0v) is 13.1. The zero-order valence-electron chi connectivity index (χ0n) is 11.6. The average molecular weight is 352 g/mol. The second-order valence-electron chi connectivity index (χ2n) is 4.63. The molecule has 0 saturated carbocycles. The zero-order chi connectivity index (χ0) is 15.2. The third-order valence-corrected chi connectivity index (χ3v) is 3.39. The Kier molecular flexibility index (Phi) is 5.33. The van der Waals surface area contributed by atoms with Gasteiger partial charge in [-0.25, -0.2) is 4.39 Å². The molecular formula is C16H15BrFNO2. The van der Waals surface area contributed by atoms with E-state index in [4.69, 9.17) is 4.74 Å². The molecule has 1 amide bonds. The minimum atomic E-state index is -0.307. The standard InChI is InChI=1S/C16H15BrFNO2/c1-19(10-12-4-2-6-14(18)8-12)16(20)11-21-15-7-3-5-13(17)9-15/h2-9H,10-11H2,1H3. The molecule has 2 rings (SSSR count). The number of hydrogen-bond acceptors (Lipinski definition) is 2. The Hall–Kier alpha value is -1.88. The van der Waals surface area contributed by atoms with Crippen molar-refractivity contribution >= 4 is 21.8 Å². The number of benzene rings is 2. The second kappa shape index (κ2) is 7.22. The van der Waals surface area contributed by atoms with Gasteiger partial charge in [-0.05, 0) is 35.9 Å². The van der Waals surface area contributed by atoms with Crippen molar-refractivity contribution < 1.29 is 13.9 Å². The van der Waals surface area contributed by atoms with Gasteiger partial charge in [-0.2, -0.15) is 0 Å². The normalized spacial score (nSPS) is 10.2. The Morgan fingerprint density at radius 2 is 2.00 bits per heavy atom. The Morgan fingerprint density at radius 3 is 2.71 bits per heavy atom. The van der Waals surface area contributed by atoms with Gasteiger partial charge in [-0.1, -0.05) is 34.1 Å². The Morgan fingerprint density at radius 1 is 1.24 bits per heavy atom. The molecule has 0 atom stereocenters. The summed E-state index contributed by atoms with van der Waals surface area (Å²) in [6, 6.07) is 13.5. The van der Waals surface area contributed by atoms with Crippen LogP contribution in [0.2, 0.25) is 0 Å². The van der Waals surface area contributed by atoms with Crippen molar-refractivity contribution in [3.05, 3.63) is 64.4 Å². The number of amides is 1. The van der Waals surface area contributed by atoms with Crippen LogP contribution in [0.15, 0.2) is 53.0 Å². The van der Waals surface area contributed by atoms with Crippen LogP contribution in [0.1, 0.15) is 5.56 Å². The number of nitrogens with zero attached hydrogens (tertiary/aromatic N) is 1. The van der Waals surface area contributed by atoms with E-state index in [1.807, 2.05) is 12.1 Å². The topological polar surface area (TPSA) is 29.5 Å². The molecule has 2 aromatic rings. The van der Waals surface area contributed by atoms with E-state index in [1.165, 1.54) is 17.0 Å². The quantitative estimate of drug-likeness (QED) is 0.823. The number of carbonyl (C=O) groups is 1. The predicted molar refractivity (Wildman–Crippen MR) is 82.5 cm³/mol. The van der Waals surface area contributed by atoms with Crippen LogP contribution in [0.5, 0.6) is 5.75 Å². The van der Waals surface area contributed by atoms with Crippen molar-refractivity contribution in [3.63, 3.8) is 0 Å². The summed E-state index contributed by atoms with van der Waals surface area (Å²) in [5.74, 6) is 0.148. The van der Waals surface area contributed by atoms with Crippen LogP contribution < -0.4 is 4.74 Å². The van der Waals surface area contributed by atoms with Gasteiger partial charge >= 0.3 is 0 Å². The number of rotatable bonds is 5. The number of halogens is 2. The van der Waals surface area contributed by atoms with E-state index in [9.17, 15) is 9.18 Å². The SMILES string of the molecule is CN(Cc1cccc(F)c1)C(=O)COc1cccc(Br)c1. The first-order valence-electron chi connectivity index (χ1n) is 6.41. The molecule has 110 valence electrons. The molecule has 0 N–H and O–H groups in total. The minimum absolute atomic E-state index is 0.0533. The Balaban J connectivity index is 1.88. The highest BCUT2D eigenvalue weighted by atomic mass is 79.9. The molecule has 0 aliphatic carbocycles. The summed E-state index contributed by atoms with van der Waals surface area (Å²) in [7, 11) is 1.66. The summed E-state index contributed by atoms with van der Waals surface area (Å²) in [6.45, 7) is 0.292. The summed E-state index contributed by atoms with van der Waals surface area (Å²) in [4.78, 5) is 13.5. The van der Waals surface area contributed by atoms with Crippen LogP contribution in [0.4, 0.5) is 4.39 Å². The lowest BCUT2D eigenvalue weighted by molar-refractivity contribution is -0.132. The molecule has 0 aliphatic heterocycles. The molecule has 0 bridgehead atoms. The molecule has 0 fully saturated rings. The third-order valence-electron chi connectivity index (χ3n) is 2.89. The predicted octanol–water partition coefficient (Wildman–Crippen LogP) is 3.63.